The van der Waals surface area contributed by atoms with Gasteiger partial charge in [-0.1, -0.05) is 29.8 Å². The lowest BCUT2D eigenvalue weighted by molar-refractivity contribution is -0.128. The third-order valence-electron chi connectivity index (χ3n) is 4.11. The van der Waals surface area contributed by atoms with Crippen molar-refractivity contribution in [1.29, 1.82) is 0 Å². The summed E-state index contributed by atoms with van der Waals surface area (Å²) in [6, 6.07) is 7.61. The molecule has 24 heavy (non-hydrogen) atoms. The molecule has 5 nitrogen and oxygen atoms in total. The lowest BCUT2D eigenvalue weighted by Crippen LogP contribution is -2.26. The molecule has 126 valence electrons. The fourth-order valence-corrected chi connectivity index (χ4v) is 3.67. The first-order valence-corrected chi connectivity index (χ1v) is 9.08. The van der Waals surface area contributed by atoms with E-state index in [0.29, 0.717) is 29.5 Å². The van der Waals surface area contributed by atoms with E-state index in [2.05, 4.69) is 4.99 Å². The number of aromatic nitrogens is 1. The number of nitrogens with zero attached hydrogens (tertiary/aromatic N) is 3. The predicted molar refractivity (Wildman–Crippen MR) is 93.8 cm³/mol. The lowest BCUT2D eigenvalue weighted by Gasteiger charge is -2.11. The van der Waals surface area contributed by atoms with Gasteiger partial charge in [0.1, 0.15) is 0 Å². The Morgan fingerprint density at radius 1 is 1.42 bits per heavy atom. The minimum atomic E-state index is -0.340. The highest BCUT2D eigenvalue weighted by atomic mass is 35.5. The van der Waals surface area contributed by atoms with Gasteiger partial charge >= 0.3 is 0 Å². The molecular weight excluding hydrogens is 346 g/mol. The highest BCUT2D eigenvalue weighted by Crippen LogP contribution is 2.19. The van der Waals surface area contributed by atoms with Crippen LogP contribution in [0.25, 0.3) is 0 Å². The van der Waals surface area contributed by atoms with Crippen LogP contribution in [0.15, 0.2) is 40.8 Å². The molecule has 1 aliphatic heterocycles. The van der Waals surface area contributed by atoms with E-state index in [1.54, 1.807) is 4.90 Å². The highest BCUT2D eigenvalue weighted by Gasteiger charge is 2.33. The van der Waals surface area contributed by atoms with E-state index in [9.17, 15) is 9.59 Å². The lowest BCUT2D eigenvalue weighted by atomic mass is 10.1. The molecule has 0 aliphatic carbocycles. The molecule has 1 saturated heterocycles. The van der Waals surface area contributed by atoms with E-state index in [0.717, 1.165) is 5.56 Å². The number of carbonyl (C=O) groups excluding carboxylic acids is 2. The van der Waals surface area contributed by atoms with Crippen molar-refractivity contribution in [2.45, 2.75) is 19.9 Å². The van der Waals surface area contributed by atoms with Gasteiger partial charge in [-0.05, 0) is 18.6 Å². The fraction of sp³-hybridized carbons (Fsp3) is 0.353. The van der Waals surface area contributed by atoms with Gasteiger partial charge in [0, 0.05) is 36.1 Å². The highest BCUT2D eigenvalue weighted by molar-refractivity contribution is 7.07. The number of likely N-dealkylation sites (tertiary alicyclic amines) is 1. The molecule has 1 unspecified atom stereocenters. The van der Waals surface area contributed by atoms with Crippen LogP contribution in [0.1, 0.15) is 18.9 Å². The Morgan fingerprint density at radius 2 is 2.21 bits per heavy atom. The summed E-state index contributed by atoms with van der Waals surface area (Å²) in [5, 5.41) is 2.58. The average Bonchev–Trinajstić information content (AvgIpc) is 3.16. The second kappa shape index (κ2) is 7.32. The normalized spacial score (nSPS) is 18.4. The van der Waals surface area contributed by atoms with Crippen LogP contribution in [0.5, 0.6) is 0 Å². The summed E-state index contributed by atoms with van der Waals surface area (Å²) in [4.78, 5) is 30.8. The van der Waals surface area contributed by atoms with Crippen LogP contribution in [-0.2, 0) is 16.1 Å². The number of rotatable bonds is 4. The first kappa shape index (κ1) is 16.9. The van der Waals surface area contributed by atoms with Crippen molar-refractivity contribution in [1.82, 2.24) is 9.47 Å². The Labute approximate surface area is 149 Å². The van der Waals surface area contributed by atoms with Gasteiger partial charge in [-0.2, -0.15) is 4.99 Å². The van der Waals surface area contributed by atoms with E-state index >= 15 is 0 Å². The second-order valence-electron chi connectivity index (χ2n) is 5.69. The van der Waals surface area contributed by atoms with E-state index in [-0.39, 0.29) is 24.2 Å². The van der Waals surface area contributed by atoms with E-state index < -0.39 is 0 Å². The maximum atomic E-state index is 12.4. The standard InChI is InChI=1S/C17H18ClN3O2S/c1-2-20-11-13(9-15(20)22)16(23)19-17-21(7-8-24-17)10-12-5-3-4-6-14(12)18/h3-8,13H,2,9-11H2,1H3. The van der Waals surface area contributed by atoms with E-state index in [1.165, 1.54) is 11.3 Å². The zero-order valence-electron chi connectivity index (χ0n) is 13.3. The number of hydrogen-bond donors (Lipinski definition) is 0. The minimum Gasteiger partial charge on any atom is -0.342 e. The number of halogens is 1. The maximum Gasteiger partial charge on any atom is 0.253 e. The van der Waals surface area contributed by atoms with Gasteiger partial charge in [0.25, 0.3) is 5.91 Å². The second-order valence-corrected chi connectivity index (χ2v) is 6.97. The van der Waals surface area contributed by atoms with Gasteiger partial charge in [0.15, 0.2) is 4.80 Å². The molecule has 1 aromatic heterocycles. The molecule has 0 saturated carbocycles. The zero-order valence-corrected chi connectivity index (χ0v) is 14.9. The number of hydrogen-bond acceptors (Lipinski definition) is 3. The maximum absolute atomic E-state index is 12.4. The monoisotopic (exact) mass is 363 g/mol. The molecular formula is C17H18ClN3O2S. The first-order valence-electron chi connectivity index (χ1n) is 7.82. The molecule has 1 fully saturated rings. The molecule has 1 aliphatic rings. The molecule has 3 rings (SSSR count). The molecule has 2 aromatic rings. The summed E-state index contributed by atoms with van der Waals surface area (Å²) in [5.74, 6) is -0.538. The van der Waals surface area contributed by atoms with E-state index in [1.807, 2.05) is 47.3 Å². The van der Waals surface area contributed by atoms with Crippen LogP contribution < -0.4 is 4.80 Å². The van der Waals surface area contributed by atoms with Gasteiger partial charge in [-0.25, -0.2) is 0 Å². The molecule has 1 atom stereocenters. The van der Waals surface area contributed by atoms with Crippen molar-refractivity contribution in [3.05, 3.63) is 51.2 Å². The van der Waals surface area contributed by atoms with Crippen molar-refractivity contribution in [2.24, 2.45) is 10.9 Å². The largest absolute Gasteiger partial charge is 0.342 e. The van der Waals surface area contributed by atoms with Crippen molar-refractivity contribution in [3.8, 4) is 0 Å². The van der Waals surface area contributed by atoms with Crippen LogP contribution >= 0.6 is 22.9 Å². The van der Waals surface area contributed by atoms with Crippen LogP contribution in [0.3, 0.4) is 0 Å². The van der Waals surface area contributed by atoms with Gasteiger partial charge in [0.05, 0.1) is 12.5 Å². The van der Waals surface area contributed by atoms with Crippen molar-refractivity contribution < 1.29 is 9.59 Å². The quantitative estimate of drug-likeness (QED) is 0.838. The summed E-state index contributed by atoms with van der Waals surface area (Å²) in [5.41, 5.74) is 0.972. The third kappa shape index (κ3) is 3.60. The molecule has 0 spiro atoms. The number of benzene rings is 1. The average molecular weight is 364 g/mol. The summed E-state index contributed by atoms with van der Waals surface area (Å²) in [6.45, 7) is 3.57. The molecule has 0 N–H and O–H groups in total. The molecule has 0 bridgehead atoms. The zero-order chi connectivity index (χ0) is 17.1. The molecule has 1 aromatic carbocycles. The Bertz CT molecular complexity index is 827. The Balaban J connectivity index is 1.80. The van der Waals surface area contributed by atoms with Crippen LogP contribution in [-0.4, -0.2) is 34.4 Å². The topological polar surface area (TPSA) is 54.7 Å². The van der Waals surface area contributed by atoms with Gasteiger partial charge in [-0.15, -0.1) is 11.3 Å². The van der Waals surface area contributed by atoms with Crippen LogP contribution in [0.4, 0.5) is 0 Å². The van der Waals surface area contributed by atoms with Crippen molar-refractivity contribution in [3.63, 3.8) is 0 Å². The summed E-state index contributed by atoms with van der Waals surface area (Å²) in [6.07, 6.45) is 2.14. The first-order chi connectivity index (χ1) is 11.6. The number of amides is 2. The van der Waals surface area contributed by atoms with Gasteiger partial charge in [0.2, 0.25) is 5.91 Å². The van der Waals surface area contributed by atoms with Crippen LogP contribution in [0, 0.1) is 5.92 Å². The Morgan fingerprint density at radius 3 is 2.92 bits per heavy atom. The molecule has 7 heteroatoms. The SMILES string of the molecule is CCN1CC(C(=O)N=c2sccn2Cc2ccccc2Cl)CC1=O. The molecule has 2 heterocycles. The van der Waals surface area contributed by atoms with Gasteiger partial charge < -0.3 is 9.47 Å². The smallest absolute Gasteiger partial charge is 0.253 e. The fourth-order valence-electron chi connectivity index (χ4n) is 2.75. The Hall–Kier alpha value is -1.92. The summed E-state index contributed by atoms with van der Waals surface area (Å²) in [7, 11) is 0. The minimum absolute atomic E-state index is 0.0289. The van der Waals surface area contributed by atoms with Crippen molar-refractivity contribution in [2.75, 3.05) is 13.1 Å². The van der Waals surface area contributed by atoms with Crippen LogP contribution in [0.2, 0.25) is 5.02 Å². The van der Waals surface area contributed by atoms with Crippen molar-refractivity contribution >= 4 is 34.8 Å². The summed E-state index contributed by atoms with van der Waals surface area (Å²) < 4.78 is 1.90. The van der Waals surface area contributed by atoms with E-state index in [4.69, 9.17) is 11.6 Å². The summed E-state index contributed by atoms with van der Waals surface area (Å²) >= 11 is 7.60. The molecule has 2 amide bonds. The molecule has 0 radical (unpaired) electrons. The number of thiazole rings is 1. The third-order valence-corrected chi connectivity index (χ3v) is 5.27. The van der Waals surface area contributed by atoms with Gasteiger partial charge in [-0.3, -0.25) is 9.59 Å². The predicted octanol–water partition coefficient (Wildman–Crippen LogP) is 2.55. The Kier molecular flexibility index (Phi) is 5.16. The number of carbonyl (C=O) groups is 2.